The molecule has 0 saturated heterocycles. The summed E-state index contributed by atoms with van der Waals surface area (Å²) >= 11 is 0. The number of rotatable bonds is 7. The van der Waals surface area contributed by atoms with Crippen molar-refractivity contribution >= 4 is 18.6 Å². The Bertz CT molecular complexity index is 199. The third-order valence-corrected chi connectivity index (χ3v) is 3.99. The lowest BCUT2D eigenvalue weighted by atomic mass is 10.9. The van der Waals surface area contributed by atoms with Crippen LogP contribution in [-0.4, -0.2) is 36.5 Å². The molecule has 0 rings (SSSR count). The lowest BCUT2D eigenvalue weighted by Crippen LogP contribution is -2.07. The molecule has 0 aliphatic heterocycles. The molecule has 0 radical (unpaired) electrons. The molecule has 0 heterocycles. The van der Waals surface area contributed by atoms with Gasteiger partial charge in [0.05, 0.1) is 6.61 Å². The van der Waals surface area contributed by atoms with E-state index in [-0.39, 0.29) is 6.61 Å². The van der Waals surface area contributed by atoms with Crippen molar-refractivity contribution in [2.24, 2.45) is 0 Å². The fraction of sp³-hybridized carbons (Fsp3) is 1.00. The van der Waals surface area contributed by atoms with Crippen molar-refractivity contribution in [1.29, 1.82) is 0 Å². The lowest BCUT2D eigenvalue weighted by Gasteiger charge is -2.12. The van der Waals surface area contributed by atoms with E-state index in [9.17, 15) is 8.77 Å². The van der Waals surface area contributed by atoms with Crippen LogP contribution in [0.5, 0.6) is 0 Å². The van der Waals surface area contributed by atoms with Crippen LogP contribution in [0.2, 0.25) is 0 Å². The van der Waals surface area contributed by atoms with E-state index in [1.54, 1.807) is 0 Å². The predicted octanol–water partition coefficient (Wildman–Crippen LogP) is 1.17. The minimum Gasteiger partial charge on any atom is -0.290 e. The molecule has 1 atom stereocenters. The zero-order valence-corrected chi connectivity index (χ0v) is 9.73. The molecule has 7 heteroatoms. The van der Waals surface area contributed by atoms with E-state index < -0.39 is 18.6 Å². The maximum atomic E-state index is 11.3. The Labute approximate surface area is 80.8 Å². The summed E-state index contributed by atoms with van der Waals surface area (Å²) in [5, 5.41) is 0. The Balaban J connectivity index is 3.74. The average Bonchev–Trinajstić information content (AvgIpc) is 2.17. The zero-order valence-electron chi connectivity index (χ0n) is 8.02. The van der Waals surface area contributed by atoms with E-state index in [1.807, 2.05) is 6.92 Å². The molecule has 0 spiro atoms. The van der Waals surface area contributed by atoms with Crippen LogP contribution in [0.15, 0.2) is 0 Å². The normalized spacial score (nSPS) is 14.4. The second-order valence-electron chi connectivity index (χ2n) is 2.08. The van der Waals surface area contributed by atoms with Gasteiger partial charge in [0.15, 0.2) is 0 Å². The van der Waals surface area contributed by atoms with Crippen molar-refractivity contribution < 1.29 is 22.3 Å². The fourth-order valence-electron chi connectivity index (χ4n) is 0.566. The smallest absolute Gasteiger partial charge is 0.290 e. The van der Waals surface area contributed by atoms with Gasteiger partial charge >= 0.3 is 7.82 Å². The van der Waals surface area contributed by atoms with Gasteiger partial charge in [0.1, 0.15) is 0 Å². The predicted molar refractivity (Wildman–Crippen MR) is 51.1 cm³/mol. The quantitative estimate of drug-likeness (QED) is 0.614. The first-order valence-corrected chi connectivity index (χ1v) is 6.74. The molecule has 5 nitrogen and oxygen atoms in total. The van der Waals surface area contributed by atoms with Crippen LogP contribution in [0.4, 0.5) is 0 Å². The third-order valence-electron chi connectivity index (χ3n) is 1.33. The van der Waals surface area contributed by atoms with Gasteiger partial charge < -0.3 is 0 Å². The summed E-state index contributed by atoms with van der Waals surface area (Å²) < 4.78 is 36.0. The number of hydrogen-bond donors (Lipinski definition) is 0. The van der Waals surface area contributed by atoms with Gasteiger partial charge in [-0.2, -0.15) is 0 Å². The molecular weight excluding hydrogens is 215 g/mol. The monoisotopic (exact) mass is 230 g/mol. The van der Waals surface area contributed by atoms with E-state index >= 15 is 0 Å². The molecule has 0 aliphatic rings. The molecule has 0 aromatic heterocycles. The summed E-state index contributed by atoms with van der Waals surface area (Å²) in [6, 6.07) is 0. The van der Waals surface area contributed by atoms with Crippen molar-refractivity contribution in [1.82, 2.24) is 0 Å². The first-order valence-electron chi connectivity index (χ1n) is 3.79. The summed E-state index contributed by atoms with van der Waals surface area (Å²) in [5.41, 5.74) is 0. The van der Waals surface area contributed by atoms with Gasteiger partial charge in [-0.15, -0.1) is 0 Å². The first-order chi connectivity index (χ1) is 6.08. The molecular formula is C6H15O5PS. The molecule has 13 heavy (non-hydrogen) atoms. The molecule has 0 saturated carbocycles. The Morgan fingerprint density at radius 2 is 1.85 bits per heavy atom. The van der Waals surface area contributed by atoms with Gasteiger partial charge in [0.25, 0.3) is 0 Å². The number of phosphoric ester groups is 1. The van der Waals surface area contributed by atoms with E-state index in [0.717, 1.165) is 0 Å². The molecule has 1 unspecified atom stereocenters. The Kier molecular flexibility index (Phi) is 6.81. The van der Waals surface area contributed by atoms with Crippen molar-refractivity contribution in [2.45, 2.75) is 6.92 Å². The molecule has 0 aromatic rings. The van der Waals surface area contributed by atoms with Crippen LogP contribution in [0.3, 0.4) is 0 Å². The molecule has 80 valence electrons. The maximum absolute atomic E-state index is 11.3. The van der Waals surface area contributed by atoms with E-state index in [2.05, 4.69) is 9.05 Å². The summed E-state index contributed by atoms with van der Waals surface area (Å²) in [4.78, 5) is 0. The van der Waals surface area contributed by atoms with Crippen molar-refractivity contribution in [3.05, 3.63) is 0 Å². The lowest BCUT2D eigenvalue weighted by molar-refractivity contribution is 0.159. The van der Waals surface area contributed by atoms with Crippen LogP contribution < -0.4 is 0 Å². The standard InChI is InChI=1S/C6H15O5PS/c1-4-13(8)6-5-11-12(7,9-2)10-3/h4-6H2,1-3H3. The summed E-state index contributed by atoms with van der Waals surface area (Å²) in [7, 11) is -1.83. The van der Waals surface area contributed by atoms with Gasteiger partial charge in [-0.1, -0.05) is 6.92 Å². The van der Waals surface area contributed by atoms with Crippen LogP contribution in [0.25, 0.3) is 0 Å². The van der Waals surface area contributed by atoms with Gasteiger partial charge in [0, 0.05) is 36.5 Å². The SMILES string of the molecule is CCS(=O)CCOP(=O)(OC)OC. The second kappa shape index (κ2) is 6.68. The van der Waals surface area contributed by atoms with Crippen molar-refractivity contribution in [3.63, 3.8) is 0 Å². The molecule has 0 N–H and O–H groups in total. The third kappa shape index (κ3) is 5.54. The number of hydrogen-bond acceptors (Lipinski definition) is 5. The van der Waals surface area contributed by atoms with E-state index in [0.29, 0.717) is 11.5 Å². The van der Waals surface area contributed by atoms with Crippen LogP contribution >= 0.6 is 7.82 Å². The van der Waals surface area contributed by atoms with Crippen molar-refractivity contribution in [2.75, 3.05) is 32.3 Å². The van der Waals surface area contributed by atoms with Gasteiger partial charge in [-0.25, -0.2) is 4.57 Å². The fourth-order valence-corrected chi connectivity index (χ4v) is 1.92. The Morgan fingerprint density at radius 1 is 1.31 bits per heavy atom. The second-order valence-corrected chi connectivity index (χ2v) is 5.83. The molecule has 0 aromatic carbocycles. The summed E-state index contributed by atoms with van der Waals surface area (Å²) in [6.07, 6.45) is 0. The highest BCUT2D eigenvalue weighted by atomic mass is 32.2. The molecule has 0 bridgehead atoms. The van der Waals surface area contributed by atoms with E-state index in [4.69, 9.17) is 4.52 Å². The maximum Gasteiger partial charge on any atom is 0.474 e. The first kappa shape index (κ1) is 13.3. The summed E-state index contributed by atoms with van der Waals surface area (Å²) in [6.45, 7) is 1.92. The van der Waals surface area contributed by atoms with Crippen LogP contribution in [-0.2, 0) is 28.9 Å². The highest BCUT2D eigenvalue weighted by Crippen LogP contribution is 2.47. The van der Waals surface area contributed by atoms with Gasteiger partial charge in [-0.05, 0) is 0 Å². The van der Waals surface area contributed by atoms with Crippen molar-refractivity contribution in [3.8, 4) is 0 Å². The molecule has 0 fully saturated rings. The minimum atomic E-state index is -3.38. The van der Waals surface area contributed by atoms with Crippen LogP contribution in [0, 0.1) is 0 Å². The average molecular weight is 230 g/mol. The van der Waals surface area contributed by atoms with Gasteiger partial charge in [0.2, 0.25) is 0 Å². The Morgan fingerprint density at radius 3 is 2.23 bits per heavy atom. The number of phosphoric acid groups is 1. The highest BCUT2D eigenvalue weighted by Gasteiger charge is 2.22. The summed E-state index contributed by atoms with van der Waals surface area (Å²) in [5.74, 6) is 0.904. The largest absolute Gasteiger partial charge is 0.474 e. The minimum absolute atomic E-state index is 0.111. The molecule has 0 aliphatic carbocycles. The Hall–Kier alpha value is 0.260. The van der Waals surface area contributed by atoms with E-state index in [1.165, 1.54) is 14.2 Å². The highest BCUT2D eigenvalue weighted by molar-refractivity contribution is 7.84. The molecule has 0 amide bonds. The van der Waals surface area contributed by atoms with Crippen LogP contribution in [0.1, 0.15) is 6.92 Å². The topological polar surface area (TPSA) is 61.8 Å². The zero-order chi connectivity index (χ0) is 10.3. The van der Waals surface area contributed by atoms with Gasteiger partial charge in [-0.3, -0.25) is 17.8 Å².